The van der Waals surface area contributed by atoms with Crippen LogP contribution in [0.3, 0.4) is 0 Å². The summed E-state index contributed by atoms with van der Waals surface area (Å²) in [6.07, 6.45) is 3.22. The Morgan fingerprint density at radius 1 is 0.914 bits per heavy atom. The van der Waals surface area contributed by atoms with Crippen LogP contribution in [0.1, 0.15) is 22.5 Å². The molecule has 0 bridgehead atoms. The van der Waals surface area contributed by atoms with Gasteiger partial charge in [-0.25, -0.2) is 9.97 Å². The van der Waals surface area contributed by atoms with Crippen molar-refractivity contribution >= 4 is 29.3 Å². The minimum absolute atomic E-state index is 0.240. The Morgan fingerprint density at radius 3 is 2.26 bits per heavy atom. The van der Waals surface area contributed by atoms with Crippen molar-refractivity contribution in [2.45, 2.75) is 20.5 Å². The van der Waals surface area contributed by atoms with E-state index in [2.05, 4.69) is 15.3 Å². The molecule has 176 valence electrons. The summed E-state index contributed by atoms with van der Waals surface area (Å²) in [6.45, 7) is 4.16. The fourth-order valence-electron chi connectivity index (χ4n) is 3.26. The van der Waals surface area contributed by atoms with Gasteiger partial charge >= 0.3 is 6.01 Å². The molecule has 0 unspecified atom stereocenters. The maximum absolute atomic E-state index is 12.3. The van der Waals surface area contributed by atoms with Gasteiger partial charge in [-0.2, -0.15) is 0 Å². The molecule has 0 aliphatic carbocycles. The number of hydrogen-bond acceptors (Lipinski definition) is 5. The van der Waals surface area contributed by atoms with Crippen molar-refractivity contribution in [3.63, 3.8) is 0 Å². The number of rotatable bonds is 8. The van der Waals surface area contributed by atoms with Crippen molar-refractivity contribution in [3.05, 3.63) is 112 Å². The standard InChI is InChI=1S/C28H24ClN3O3/c1-19-17-20(2)31-28(30-19)35-25-14-10-23(11-15-25)32-27(33)16-9-21-7-12-24(13-8-21)34-18-22-5-3-4-6-26(22)29/h3-17H,18H2,1-2H3,(H,32,33)/b16-9+. The molecule has 0 aliphatic heterocycles. The first-order chi connectivity index (χ1) is 16.9. The van der Waals surface area contributed by atoms with Gasteiger partial charge in [0, 0.05) is 33.7 Å². The van der Waals surface area contributed by atoms with E-state index in [1.807, 2.05) is 68.4 Å². The molecule has 0 atom stereocenters. The number of carbonyl (C=O) groups excluding carboxylic acids is 1. The highest BCUT2D eigenvalue weighted by atomic mass is 35.5. The highest BCUT2D eigenvalue weighted by Crippen LogP contribution is 2.22. The molecule has 4 rings (SSSR count). The van der Waals surface area contributed by atoms with E-state index in [-0.39, 0.29) is 5.91 Å². The van der Waals surface area contributed by atoms with Crippen molar-refractivity contribution in [1.29, 1.82) is 0 Å². The average Bonchev–Trinajstić information content (AvgIpc) is 2.83. The molecular formula is C28H24ClN3O3. The van der Waals surface area contributed by atoms with Gasteiger partial charge in [0.05, 0.1) is 0 Å². The second-order valence-electron chi connectivity index (χ2n) is 7.83. The van der Waals surface area contributed by atoms with Gasteiger partial charge in [0.25, 0.3) is 0 Å². The van der Waals surface area contributed by atoms with Crippen LogP contribution in [0.4, 0.5) is 5.69 Å². The number of anilines is 1. The third kappa shape index (κ3) is 7.16. The third-order valence-corrected chi connectivity index (χ3v) is 5.32. The number of halogens is 1. The van der Waals surface area contributed by atoms with Gasteiger partial charge in [0.2, 0.25) is 5.91 Å². The lowest BCUT2D eigenvalue weighted by Crippen LogP contribution is -2.07. The summed E-state index contributed by atoms with van der Waals surface area (Å²) in [6, 6.07) is 24.2. The predicted molar refractivity (Wildman–Crippen MR) is 138 cm³/mol. The summed E-state index contributed by atoms with van der Waals surface area (Å²) in [5, 5.41) is 3.50. The van der Waals surface area contributed by atoms with Gasteiger partial charge in [-0.3, -0.25) is 4.79 Å². The fourth-order valence-corrected chi connectivity index (χ4v) is 3.45. The number of nitrogens with one attached hydrogen (secondary N) is 1. The van der Waals surface area contributed by atoms with Gasteiger partial charge in [-0.05, 0) is 74.0 Å². The number of benzene rings is 3. The average molecular weight is 486 g/mol. The molecule has 0 radical (unpaired) electrons. The van der Waals surface area contributed by atoms with Gasteiger partial charge < -0.3 is 14.8 Å². The molecule has 0 saturated carbocycles. The number of amides is 1. The van der Waals surface area contributed by atoms with E-state index in [0.29, 0.717) is 29.1 Å². The quantitative estimate of drug-likeness (QED) is 0.279. The summed E-state index contributed by atoms with van der Waals surface area (Å²) >= 11 is 6.16. The minimum Gasteiger partial charge on any atom is -0.489 e. The Balaban J connectivity index is 1.28. The van der Waals surface area contributed by atoms with Crippen LogP contribution in [-0.4, -0.2) is 15.9 Å². The zero-order valence-electron chi connectivity index (χ0n) is 19.4. The lowest BCUT2D eigenvalue weighted by molar-refractivity contribution is -0.111. The Labute approximate surface area is 209 Å². The van der Waals surface area contributed by atoms with E-state index < -0.39 is 0 Å². The number of ether oxygens (including phenoxy) is 2. The Hall–Kier alpha value is -4.16. The summed E-state index contributed by atoms with van der Waals surface area (Å²) in [5.74, 6) is 1.07. The topological polar surface area (TPSA) is 73.3 Å². The number of aromatic nitrogens is 2. The van der Waals surface area contributed by atoms with Gasteiger partial charge in [0.1, 0.15) is 18.1 Å². The van der Waals surface area contributed by atoms with Gasteiger partial charge in [0.15, 0.2) is 0 Å². The zero-order chi connectivity index (χ0) is 24.6. The minimum atomic E-state index is -0.240. The van der Waals surface area contributed by atoms with Crippen LogP contribution in [0.25, 0.3) is 6.08 Å². The van der Waals surface area contributed by atoms with Crippen LogP contribution in [0, 0.1) is 13.8 Å². The lowest BCUT2D eigenvalue weighted by atomic mass is 10.2. The van der Waals surface area contributed by atoms with Crippen LogP contribution in [0.15, 0.2) is 84.9 Å². The Kier molecular flexibility index (Phi) is 7.75. The monoisotopic (exact) mass is 485 g/mol. The second-order valence-corrected chi connectivity index (χ2v) is 8.24. The van der Waals surface area contributed by atoms with Crippen molar-refractivity contribution in [1.82, 2.24) is 9.97 Å². The molecule has 0 aliphatic rings. The molecule has 1 amide bonds. The number of nitrogens with zero attached hydrogens (tertiary/aromatic N) is 2. The third-order valence-electron chi connectivity index (χ3n) is 4.95. The Bertz CT molecular complexity index is 1320. The molecular weight excluding hydrogens is 462 g/mol. The molecule has 0 fully saturated rings. The summed E-state index contributed by atoms with van der Waals surface area (Å²) in [7, 11) is 0. The largest absolute Gasteiger partial charge is 0.489 e. The number of hydrogen-bond donors (Lipinski definition) is 1. The maximum Gasteiger partial charge on any atom is 0.322 e. The predicted octanol–water partition coefficient (Wildman–Crippen LogP) is 6.77. The maximum atomic E-state index is 12.3. The molecule has 4 aromatic rings. The second kappa shape index (κ2) is 11.3. The SMILES string of the molecule is Cc1cc(C)nc(Oc2ccc(NC(=O)/C=C/c3ccc(OCc4ccccc4Cl)cc3)cc2)n1. The zero-order valence-corrected chi connectivity index (χ0v) is 20.1. The van der Waals surface area contributed by atoms with E-state index in [9.17, 15) is 4.79 Å². The van der Waals surface area contributed by atoms with E-state index in [0.717, 1.165) is 28.3 Å². The molecule has 1 aromatic heterocycles. The summed E-state index contributed by atoms with van der Waals surface area (Å²) in [4.78, 5) is 20.8. The highest BCUT2D eigenvalue weighted by Gasteiger charge is 2.04. The van der Waals surface area contributed by atoms with Crippen molar-refractivity contribution in [2.24, 2.45) is 0 Å². The lowest BCUT2D eigenvalue weighted by Gasteiger charge is -2.08. The van der Waals surface area contributed by atoms with E-state index in [4.69, 9.17) is 21.1 Å². The normalized spacial score (nSPS) is 10.8. The van der Waals surface area contributed by atoms with Crippen molar-refractivity contribution < 1.29 is 14.3 Å². The first-order valence-corrected chi connectivity index (χ1v) is 11.4. The van der Waals surface area contributed by atoms with Gasteiger partial charge in [-0.1, -0.05) is 41.9 Å². The van der Waals surface area contributed by atoms with Crippen LogP contribution in [0.5, 0.6) is 17.5 Å². The van der Waals surface area contributed by atoms with Crippen LogP contribution in [0.2, 0.25) is 5.02 Å². The first-order valence-electron chi connectivity index (χ1n) is 11.0. The Morgan fingerprint density at radius 2 is 1.57 bits per heavy atom. The van der Waals surface area contributed by atoms with Crippen LogP contribution < -0.4 is 14.8 Å². The van der Waals surface area contributed by atoms with E-state index in [1.54, 1.807) is 30.3 Å². The van der Waals surface area contributed by atoms with Crippen molar-refractivity contribution in [2.75, 3.05) is 5.32 Å². The smallest absolute Gasteiger partial charge is 0.322 e. The molecule has 7 heteroatoms. The molecule has 1 heterocycles. The molecule has 35 heavy (non-hydrogen) atoms. The number of aryl methyl sites for hydroxylation is 2. The number of carbonyl (C=O) groups is 1. The van der Waals surface area contributed by atoms with Crippen LogP contribution in [-0.2, 0) is 11.4 Å². The molecule has 3 aromatic carbocycles. The highest BCUT2D eigenvalue weighted by molar-refractivity contribution is 6.31. The molecule has 6 nitrogen and oxygen atoms in total. The summed E-state index contributed by atoms with van der Waals surface area (Å²) in [5.41, 5.74) is 4.12. The first kappa shape index (κ1) is 24.0. The van der Waals surface area contributed by atoms with E-state index in [1.165, 1.54) is 6.08 Å². The summed E-state index contributed by atoms with van der Waals surface area (Å²) < 4.78 is 11.5. The van der Waals surface area contributed by atoms with Crippen molar-refractivity contribution in [3.8, 4) is 17.5 Å². The van der Waals surface area contributed by atoms with E-state index >= 15 is 0 Å². The van der Waals surface area contributed by atoms with Crippen LogP contribution >= 0.6 is 11.6 Å². The fraction of sp³-hybridized carbons (Fsp3) is 0.107. The molecule has 0 saturated heterocycles. The van der Waals surface area contributed by atoms with Gasteiger partial charge in [-0.15, -0.1) is 0 Å². The molecule has 1 N–H and O–H groups in total. The molecule has 0 spiro atoms.